The number of hydrogen-bond acceptors (Lipinski definition) is 2. The highest BCUT2D eigenvalue weighted by molar-refractivity contribution is 5.41. The normalized spacial score (nSPS) is 16.5. The first kappa shape index (κ1) is 12.5. The first-order valence-corrected chi connectivity index (χ1v) is 6.98. The van der Waals surface area contributed by atoms with Gasteiger partial charge in [0, 0.05) is 18.9 Å². The zero-order valence-electron chi connectivity index (χ0n) is 11.4. The number of nitrogens with zero attached hydrogens (tertiary/aromatic N) is 2. The molecule has 0 atom stereocenters. The van der Waals surface area contributed by atoms with Crippen molar-refractivity contribution in [2.75, 3.05) is 5.73 Å². The van der Waals surface area contributed by atoms with Crippen LogP contribution in [0.2, 0.25) is 0 Å². The Labute approximate surface area is 104 Å². The Hall–Kier alpha value is -0.990. The molecule has 1 aliphatic carbocycles. The smallest absolute Gasteiger partial charge is 0.127 e. The van der Waals surface area contributed by atoms with E-state index in [-0.39, 0.29) is 0 Å². The Balaban J connectivity index is 2.28. The lowest BCUT2D eigenvalue weighted by Gasteiger charge is -2.24. The maximum Gasteiger partial charge on any atom is 0.127 e. The van der Waals surface area contributed by atoms with E-state index in [1.807, 2.05) is 0 Å². The third kappa shape index (κ3) is 2.48. The SMILES string of the molecule is CCCc1nc(C2CCC2)c(N)n1CC(C)C. The van der Waals surface area contributed by atoms with Gasteiger partial charge in [0.05, 0.1) is 5.69 Å². The van der Waals surface area contributed by atoms with Gasteiger partial charge in [-0.2, -0.15) is 0 Å². The number of nitrogens with two attached hydrogens (primary N) is 1. The van der Waals surface area contributed by atoms with Gasteiger partial charge in [-0.25, -0.2) is 4.98 Å². The molecule has 1 aliphatic rings. The quantitative estimate of drug-likeness (QED) is 0.850. The molecule has 0 aromatic carbocycles. The van der Waals surface area contributed by atoms with Crippen LogP contribution in [-0.4, -0.2) is 9.55 Å². The Morgan fingerprint density at radius 3 is 2.59 bits per heavy atom. The van der Waals surface area contributed by atoms with Gasteiger partial charge in [0.15, 0.2) is 0 Å². The molecule has 0 saturated heterocycles. The maximum atomic E-state index is 6.29. The molecule has 1 aromatic rings. The summed E-state index contributed by atoms with van der Waals surface area (Å²) in [4.78, 5) is 4.81. The average Bonchev–Trinajstić information content (AvgIpc) is 2.45. The molecule has 1 saturated carbocycles. The van der Waals surface area contributed by atoms with Crippen molar-refractivity contribution in [1.29, 1.82) is 0 Å². The Morgan fingerprint density at radius 2 is 2.12 bits per heavy atom. The number of aromatic nitrogens is 2. The molecule has 1 aromatic heterocycles. The Bertz CT molecular complexity index is 375. The second kappa shape index (κ2) is 5.11. The van der Waals surface area contributed by atoms with Crippen molar-refractivity contribution in [3.05, 3.63) is 11.5 Å². The number of nitrogen functional groups attached to an aromatic ring is 1. The highest BCUT2D eigenvalue weighted by atomic mass is 15.1. The van der Waals surface area contributed by atoms with Crippen LogP contribution in [-0.2, 0) is 13.0 Å². The van der Waals surface area contributed by atoms with Crippen molar-refractivity contribution in [1.82, 2.24) is 9.55 Å². The van der Waals surface area contributed by atoms with Gasteiger partial charge in [0.1, 0.15) is 11.6 Å². The van der Waals surface area contributed by atoms with Crippen LogP contribution in [0.25, 0.3) is 0 Å². The summed E-state index contributed by atoms with van der Waals surface area (Å²) in [6, 6.07) is 0. The number of hydrogen-bond donors (Lipinski definition) is 1. The van der Waals surface area contributed by atoms with Crippen molar-refractivity contribution in [2.45, 2.75) is 65.3 Å². The van der Waals surface area contributed by atoms with Gasteiger partial charge in [-0.05, 0) is 25.2 Å². The molecule has 0 radical (unpaired) electrons. The topological polar surface area (TPSA) is 43.8 Å². The molecule has 96 valence electrons. The highest BCUT2D eigenvalue weighted by Crippen LogP contribution is 2.39. The molecule has 0 amide bonds. The molecule has 2 N–H and O–H groups in total. The fourth-order valence-electron chi connectivity index (χ4n) is 2.50. The molecule has 2 rings (SSSR count). The summed E-state index contributed by atoms with van der Waals surface area (Å²) in [6.45, 7) is 7.67. The summed E-state index contributed by atoms with van der Waals surface area (Å²) in [5.74, 6) is 3.39. The fraction of sp³-hybridized carbons (Fsp3) is 0.786. The Morgan fingerprint density at radius 1 is 1.41 bits per heavy atom. The van der Waals surface area contributed by atoms with Gasteiger partial charge in [-0.1, -0.05) is 27.2 Å². The molecule has 0 bridgehead atoms. The van der Waals surface area contributed by atoms with E-state index in [1.165, 1.54) is 30.8 Å². The van der Waals surface area contributed by atoms with Crippen molar-refractivity contribution in [3.8, 4) is 0 Å². The van der Waals surface area contributed by atoms with Gasteiger partial charge in [0.2, 0.25) is 0 Å². The second-order valence-electron chi connectivity index (χ2n) is 5.68. The number of anilines is 1. The fourth-order valence-corrected chi connectivity index (χ4v) is 2.50. The molecule has 3 nitrogen and oxygen atoms in total. The molecule has 0 aliphatic heterocycles. The summed E-state index contributed by atoms with van der Waals surface area (Å²) < 4.78 is 2.25. The van der Waals surface area contributed by atoms with E-state index in [2.05, 4.69) is 25.3 Å². The summed E-state index contributed by atoms with van der Waals surface area (Å²) in [7, 11) is 0. The molecule has 17 heavy (non-hydrogen) atoms. The Kier molecular flexibility index (Phi) is 3.75. The highest BCUT2D eigenvalue weighted by Gasteiger charge is 2.26. The molecular weight excluding hydrogens is 210 g/mol. The average molecular weight is 235 g/mol. The van der Waals surface area contributed by atoms with Crippen molar-refractivity contribution >= 4 is 5.82 Å². The summed E-state index contributed by atoms with van der Waals surface area (Å²) in [6.07, 6.45) is 6.06. The molecular formula is C14H25N3. The first-order chi connectivity index (χ1) is 8.13. The van der Waals surface area contributed by atoms with E-state index < -0.39 is 0 Å². The van der Waals surface area contributed by atoms with E-state index in [0.29, 0.717) is 11.8 Å². The van der Waals surface area contributed by atoms with E-state index in [9.17, 15) is 0 Å². The van der Waals surface area contributed by atoms with Crippen LogP contribution in [0, 0.1) is 5.92 Å². The van der Waals surface area contributed by atoms with E-state index in [1.54, 1.807) is 0 Å². The second-order valence-corrected chi connectivity index (χ2v) is 5.68. The van der Waals surface area contributed by atoms with Crippen molar-refractivity contribution in [2.24, 2.45) is 5.92 Å². The van der Waals surface area contributed by atoms with Crippen molar-refractivity contribution < 1.29 is 0 Å². The number of rotatable bonds is 5. The summed E-state index contributed by atoms with van der Waals surface area (Å²) >= 11 is 0. The van der Waals surface area contributed by atoms with Crippen molar-refractivity contribution in [3.63, 3.8) is 0 Å². The van der Waals surface area contributed by atoms with Gasteiger partial charge in [0.25, 0.3) is 0 Å². The maximum absolute atomic E-state index is 6.29. The van der Waals surface area contributed by atoms with Gasteiger partial charge in [-0.15, -0.1) is 0 Å². The third-order valence-electron chi connectivity index (χ3n) is 3.63. The monoisotopic (exact) mass is 235 g/mol. The number of imidazole rings is 1. The molecule has 0 unspecified atom stereocenters. The van der Waals surface area contributed by atoms with Crippen LogP contribution in [0.5, 0.6) is 0 Å². The van der Waals surface area contributed by atoms with E-state index in [0.717, 1.165) is 25.2 Å². The summed E-state index contributed by atoms with van der Waals surface area (Å²) in [5.41, 5.74) is 7.47. The largest absolute Gasteiger partial charge is 0.384 e. The molecule has 1 heterocycles. The van der Waals surface area contributed by atoms with Crippen LogP contribution in [0.15, 0.2) is 0 Å². The van der Waals surface area contributed by atoms with Gasteiger partial charge in [-0.3, -0.25) is 0 Å². The molecule has 0 spiro atoms. The number of aryl methyl sites for hydroxylation is 1. The van der Waals surface area contributed by atoms with Crippen LogP contribution < -0.4 is 5.73 Å². The predicted molar refractivity (Wildman–Crippen MR) is 72.1 cm³/mol. The zero-order chi connectivity index (χ0) is 12.4. The minimum absolute atomic E-state index is 0.622. The van der Waals surface area contributed by atoms with Crippen LogP contribution >= 0.6 is 0 Å². The lowest BCUT2D eigenvalue weighted by Crippen LogP contribution is -2.14. The molecule has 3 heteroatoms. The standard InChI is InChI=1S/C14H25N3/c1-4-6-12-16-13(11-7-5-8-11)14(15)17(12)9-10(2)3/h10-11H,4-9,15H2,1-3H3. The zero-order valence-corrected chi connectivity index (χ0v) is 11.4. The summed E-state index contributed by atoms with van der Waals surface area (Å²) in [5, 5.41) is 0. The minimum atomic E-state index is 0.622. The first-order valence-electron chi connectivity index (χ1n) is 6.98. The van der Waals surface area contributed by atoms with Crippen LogP contribution in [0.1, 0.15) is 63.9 Å². The van der Waals surface area contributed by atoms with E-state index >= 15 is 0 Å². The third-order valence-corrected chi connectivity index (χ3v) is 3.63. The predicted octanol–water partition coefficient (Wildman–Crippen LogP) is 3.34. The van der Waals surface area contributed by atoms with Gasteiger partial charge < -0.3 is 10.3 Å². The lowest BCUT2D eigenvalue weighted by atomic mass is 9.83. The van der Waals surface area contributed by atoms with Crippen LogP contribution in [0.4, 0.5) is 5.82 Å². The molecule has 1 fully saturated rings. The van der Waals surface area contributed by atoms with E-state index in [4.69, 9.17) is 10.7 Å². The lowest BCUT2D eigenvalue weighted by molar-refractivity contribution is 0.413. The van der Waals surface area contributed by atoms with Gasteiger partial charge >= 0.3 is 0 Å². The van der Waals surface area contributed by atoms with Crippen LogP contribution in [0.3, 0.4) is 0 Å². The minimum Gasteiger partial charge on any atom is -0.384 e.